The number of nitrogens with zero attached hydrogens (tertiary/aromatic N) is 1. The highest BCUT2D eigenvalue weighted by atomic mass is 32.2. The summed E-state index contributed by atoms with van der Waals surface area (Å²) in [6.45, 7) is 4.33. The van der Waals surface area contributed by atoms with Crippen LogP contribution in [0.2, 0.25) is 0 Å². The second-order valence-electron chi connectivity index (χ2n) is 4.61. The summed E-state index contributed by atoms with van der Waals surface area (Å²) in [5, 5.41) is 3.82. The molecule has 2 aromatic rings. The quantitative estimate of drug-likeness (QED) is 0.658. The number of benzene rings is 2. The third kappa shape index (κ3) is 4.08. The monoisotopic (exact) mass is 318 g/mol. The van der Waals surface area contributed by atoms with E-state index < -0.39 is 10.0 Å². The molecule has 0 aliphatic heterocycles. The number of nitrogens with one attached hydrogen (secondary N) is 1. The fourth-order valence-electron chi connectivity index (χ4n) is 1.83. The van der Waals surface area contributed by atoms with Gasteiger partial charge < -0.3 is 4.74 Å². The van der Waals surface area contributed by atoms with Crippen LogP contribution in [0.25, 0.3) is 0 Å². The first-order valence-electron chi connectivity index (χ1n) is 6.86. The largest absolute Gasteiger partial charge is 0.494 e. The molecule has 0 radical (unpaired) electrons. The van der Waals surface area contributed by atoms with Gasteiger partial charge in [0, 0.05) is 0 Å². The molecule has 0 unspecified atom stereocenters. The van der Waals surface area contributed by atoms with Crippen LogP contribution >= 0.6 is 0 Å². The number of sulfonamides is 1. The van der Waals surface area contributed by atoms with Crippen LogP contribution in [0.3, 0.4) is 0 Å². The maximum atomic E-state index is 12.1. The van der Waals surface area contributed by atoms with E-state index >= 15 is 0 Å². The van der Waals surface area contributed by atoms with E-state index in [1.807, 2.05) is 38.1 Å². The van der Waals surface area contributed by atoms with Crippen LogP contribution in [0, 0.1) is 6.92 Å². The molecule has 0 heterocycles. The van der Waals surface area contributed by atoms with Crippen molar-refractivity contribution in [2.75, 3.05) is 6.61 Å². The number of ether oxygens (including phenoxy) is 1. The molecule has 0 aromatic heterocycles. The Morgan fingerprint density at radius 2 is 1.82 bits per heavy atom. The lowest BCUT2D eigenvalue weighted by Crippen LogP contribution is -2.18. The lowest BCUT2D eigenvalue weighted by molar-refractivity contribution is 0.340. The summed E-state index contributed by atoms with van der Waals surface area (Å²) in [7, 11) is -3.68. The lowest BCUT2D eigenvalue weighted by Gasteiger charge is -2.06. The van der Waals surface area contributed by atoms with E-state index in [1.165, 1.54) is 18.3 Å². The molecule has 0 atom stereocenters. The van der Waals surface area contributed by atoms with E-state index in [0.717, 1.165) is 11.1 Å². The number of aryl methyl sites for hydroxylation is 1. The number of hydrazone groups is 1. The second-order valence-corrected chi connectivity index (χ2v) is 6.27. The smallest absolute Gasteiger partial charge is 0.276 e. The summed E-state index contributed by atoms with van der Waals surface area (Å²) in [5.41, 5.74) is 1.88. The van der Waals surface area contributed by atoms with Gasteiger partial charge in [0.25, 0.3) is 10.0 Å². The van der Waals surface area contributed by atoms with Crippen molar-refractivity contribution in [2.45, 2.75) is 18.7 Å². The molecule has 0 aliphatic rings. The van der Waals surface area contributed by atoms with Crippen LogP contribution in [-0.4, -0.2) is 21.2 Å². The minimum absolute atomic E-state index is 0.137. The molecule has 2 aromatic carbocycles. The van der Waals surface area contributed by atoms with E-state index in [0.29, 0.717) is 12.4 Å². The van der Waals surface area contributed by atoms with Gasteiger partial charge in [-0.2, -0.15) is 13.5 Å². The summed E-state index contributed by atoms with van der Waals surface area (Å²) in [6.07, 6.45) is 1.49. The molecule has 116 valence electrons. The summed E-state index contributed by atoms with van der Waals surface area (Å²) >= 11 is 0. The van der Waals surface area contributed by atoms with Crippen molar-refractivity contribution < 1.29 is 13.2 Å². The fraction of sp³-hybridized carbons (Fsp3) is 0.188. The van der Waals surface area contributed by atoms with Gasteiger partial charge in [0.05, 0.1) is 17.7 Å². The first-order chi connectivity index (χ1) is 10.5. The molecule has 0 saturated carbocycles. The van der Waals surface area contributed by atoms with Crippen LogP contribution < -0.4 is 9.57 Å². The molecule has 0 spiro atoms. The number of hydrogen-bond donors (Lipinski definition) is 1. The summed E-state index contributed by atoms with van der Waals surface area (Å²) in [4.78, 5) is 2.34. The first-order valence-corrected chi connectivity index (χ1v) is 8.34. The van der Waals surface area contributed by atoms with Gasteiger partial charge in [-0.05, 0) is 49.2 Å². The van der Waals surface area contributed by atoms with E-state index in [2.05, 4.69) is 9.93 Å². The molecule has 6 heteroatoms. The Balaban J connectivity index is 2.09. The highest BCUT2D eigenvalue weighted by molar-refractivity contribution is 7.89. The Morgan fingerprint density at radius 1 is 1.14 bits per heavy atom. The molecule has 0 amide bonds. The summed E-state index contributed by atoms with van der Waals surface area (Å²) in [5.74, 6) is 0.630. The predicted octanol–water partition coefficient (Wildman–Crippen LogP) is 2.71. The highest BCUT2D eigenvalue weighted by Crippen LogP contribution is 2.15. The average Bonchev–Trinajstić information content (AvgIpc) is 2.50. The maximum Gasteiger partial charge on any atom is 0.276 e. The van der Waals surface area contributed by atoms with Gasteiger partial charge in [-0.1, -0.05) is 24.3 Å². The summed E-state index contributed by atoms with van der Waals surface area (Å²) in [6, 6.07) is 13.8. The molecule has 0 fully saturated rings. The minimum atomic E-state index is -3.68. The lowest BCUT2D eigenvalue weighted by atomic mass is 10.1. The van der Waals surface area contributed by atoms with Gasteiger partial charge in [0.1, 0.15) is 5.75 Å². The van der Waals surface area contributed by atoms with Crippen molar-refractivity contribution >= 4 is 16.2 Å². The zero-order valence-corrected chi connectivity index (χ0v) is 13.3. The Hall–Kier alpha value is -2.34. The molecule has 0 saturated heterocycles. The standard InChI is InChI=1S/C16H18N2O3S/c1-3-21-15-8-10-16(11-9-15)22(19,20)18-17-12-14-7-5-4-6-13(14)2/h4-12,18H,3H2,1-2H3/b17-12-. The predicted molar refractivity (Wildman–Crippen MR) is 86.7 cm³/mol. The molecule has 1 N–H and O–H groups in total. The number of hydrogen-bond acceptors (Lipinski definition) is 4. The van der Waals surface area contributed by atoms with Gasteiger partial charge in [0.2, 0.25) is 0 Å². The van der Waals surface area contributed by atoms with Crippen molar-refractivity contribution in [3.05, 3.63) is 59.7 Å². The van der Waals surface area contributed by atoms with Gasteiger partial charge >= 0.3 is 0 Å². The van der Waals surface area contributed by atoms with Gasteiger partial charge in [-0.15, -0.1) is 0 Å². The Morgan fingerprint density at radius 3 is 2.45 bits per heavy atom. The van der Waals surface area contributed by atoms with Crippen LogP contribution in [0.1, 0.15) is 18.1 Å². The maximum absolute atomic E-state index is 12.1. The SMILES string of the molecule is CCOc1ccc(S(=O)(=O)N/N=C\c2ccccc2C)cc1. The van der Waals surface area contributed by atoms with Gasteiger partial charge in [-0.3, -0.25) is 0 Å². The van der Waals surface area contributed by atoms with Gasteiger partial charge in [-0.25, -0.2) is 4.83 Å². The third-order valence-corrected chi connectivity index (χ3v) is 4.25. The Labute approximate surface area is 130 Å². The van der Waals surface area contributed by atoms with E-state index in [9.17, 15) is 8.42 Å². The molecule has 2 rings (SSSR count). The van der Waals surface area contributed by atoms with Crippen molar-refractivity contribution in [3.8, 4) is 5.75 Å². The highest BCUT2D eigenvalue weighted by Gasteiger charge is 2.12. The Bertz CT molecular complexity index is 753. The zero-order chi connectivity index (χ0) is 16.0. The van der Waals surface area contributed by atoms with E-state index in [-0.39, 0.29) is 4.90 Å². The fourth-order valence-corrected chi connectivity index (χ4v) is 2.62. The normalized spacial score (nSPS) is 11.5. The van der Waals surface area contributed by atoms with Crippen molar-refractivity contribution in [3.63, 3.8) is 0 Å². The van der Waals surface area contributed by atoms with Crippen molar-refractivity contribution in [2.24, 2.45) is 5.10 Å². The van der Waals surface area contributed by atoms with Crippen LogP contribution in [0.5, 0.6) is 5.75 Å². The van der Waals surface area contributed by atoms with Crippen LogP contribution in [0.15, 0.2) is 58.5 Å². The zero-order valence-electron chi connectivity index (χ0n) is 12.5. The third-order valence-electron chi connectivity index (χ3n) is 3.01. The number of rotatable bonds is 6. The topological polar surface area (TPSA) is 67.8 Å². The molecular formula is C16H18N2O3S. The Kier molecular flexibility index (Phi) is 5.16. The summed E-state index contributed by atoms with van der Waals surface area (Å²) < 4.78 is 29.5. The van der Waals surface area contributed by atoms with Crippen molar-refractivity contribution in [1.82, 2.24) is 4.83 Å². The van der Waals surface area contributed by atoms with E-state index in [1.54, 1.807) is 12.1 Å². The minimum Gasteiger partial charge on any atom is -0.494 e. The van der Waals surface area contributed by atoms with Crippen LogP contribution in [0.4, 0.5) is 0 Å². The molecule has 0 bridgehead atoms. The average molecular weight is 318 g/mol. The van der Waals surface area contributed by atoms with Crippen molar-refractivity contribution in [1.29, 1.82) is 0 Å². The molecule has 5 nitrogen and oxygen atoms in total. The van der Waals surface area contributed by atoms with Crippen LogP contribution in [-0.2, 0) is 10.0 Å². The van der Waals surface area contributed by atoms with E-state index in [4.69, 9.17) is 4.74 Å². The second kappa shape index (κ2) is 7.09. The first kappa shape index (κ1) is 16.0. The van der Waals surface area contributed by atoms with Gasteiger partial charge in [0.15, 0.2) is 0 Å². The molecule has 0 aliphatic carbocycles. The molecule has 22 heavy (non-hydrogen) atoms. The molecular weight excluding hydrogens is 300 g/mol.